The van der Waals surface area contributed by atoms with Crippen LogP contribution in [0.4, 0.5) is 0 Å². The Morgan fingerprint density at radius 3 is 2.78 bits per heavy atom. The Morgan fingerprint density at radius 1 is 1.22 bits per heavy atom. The molecular weight excluding hydrogens is 224 g/mol. The van der Waals surface area contributed by atoms with E-state index in [2.05, 4.69) is 17.1 Å². The van der Waals surface area contributed by atoms with Crippen LogP contribution in [0.15, 0.2) is 0 Å². The minimum atomic E-state index is 0.293. The van der Waals surface area contributed by atoms with Crippen LogP contribution >= 0.6 is 0 Å². The monoisotopic (exact) mass is 250 g/mol. The highest BCUT2D eigenvalue weighted by Gasteiger charge is 2.44. The van der Waals surface area contributed by atoms with Gasteiger partial charge in [-0.3, -0.25) is 4.79 Å². The molecule has 0 spiro atoms. The maximum absolute atomic E-state index is 12.6. The van der Waals surface area contributed by atoms with Crippen LogP contribution in [0.25, 0.3) is 0 Å². The summed E-state index contributed by atoms with van der Waals surface area (Å²) >= 11 is 0. The Labute approximate surface area is 110 Å². The molecule has 0 aromatic carbocycles. The first-order valence-corrected chi connectivity index (χ1v) is 7.82. The highest BCUT2D eigenvalue weighted by Crippen LogP contribution is 2.35. The van der Waals surface area contributed by atoms with Crippen molar-refractivity contribution in [3.63, 3.8) is 0 Å². The van der Waals surface area contributed by atoms with Gasteiger partial charge in [-0.25, -0.2) is 0 Å². The average Bonchev–Trinajstić information content (AvgIpc) is 2.93. The summed E-state index contributed by atoms with van der Waals surface area (Å²) in [5, 5.41) is 3.59. The highest BCUT2D eigenvalue weighted by molar-refractivity contribution is 5.80. The molecule has 0 aliphatic carbocycles. The molecule has 4 atom stereocenters. The first-order chi connectivity index (χ1) is 8.78. The van der Waals surface area contributed by atoms with Crippen LogP contribution < -0.4 is 5.32 Å². The molecule has 2 bridgehead atoms. The Morgan fingerprint density at radius 2 is 2.11 bits per heavy atom. The summed E-state index contributed by atoms with van der Waals surface area (Å²) in [4.78, 5) is 14.8. The van der Waals surface area contributed by atoms with Gasteiger partial charge in [0.05, 0.1) is 5.92 Å². The smallest absolute Gasteiger partial charge is 0.227 e. The number of nitrogens with one attached hydrogen (secondary N) is 1. The standard InChI is InChI=1S/C15H26N2O/c1-2-11-4-3-8-17(9-7-11)15(18)13-10-12-5-6-14(13)16-12/h11-14,16H,2-10H2,1H3. The lowest BCUT2D eigenvalue weighted by Crippen LogP contribution is -2.41. The van der Waals surface area contributed by atoms with Crippen LogP contribution in [0.1, 0.15) is 51.9 Å². The van der Waals surface area contributed by atoms with Crippen molar-refractivity contribution in [2.75, 3.05) is 13.1 Å². The van der Waals surface area contributed by atoms with E-state index in [1.54, 1.807) is 0 Å². The third-order valence-corrected chi connectivity index (χ3v) is 5.35. The fourth-order valence-electron chi connectivity index (χ4n) is 4.13. The first-order valence-electron chi connectivity index (χ1n) is 7.82. The van der Waals surface area contributed by atoms with Crippen LogP contribution in [0.5, 0.6) is 0 Å². The molecule has 0 radical (unpaired) electrons. The molecule has 3 heterocycles. The number of carbonyl (C=O) groups excluding carboxylic acids is 1. The van der Waals surface area contributed by atoms with E-state index >= 15 is 0 Å². The SMILES string of the molecule is CCC1CCCN(C(=O)C2CC3CCC2N3)CC1. The molecule has 3 aliphatic heterocycles. The van der Waals surface area contributed by atoms with Crippen molar-refractivity contribution in [2.24, 2.45) is 11.8 Å². The second kappa shape index (κ2) is 5.20. The number of hydrogen-bond donors (Lipinski definition) is 1. The van der Waals surface area contributed by atoms with E-state index in [-0.39, 0.29) is 0 Å². The Hall–Kier alpha value is -0.570. The molecule has 3 aliphatic rings. The fraction of sp³-hybridized carbons (Fsp3) is 0.933. The summed E-state index contributed by atoms with van der Waals surface area (Å²) in [6, 6.07) is 1.13. The third kappa shape index (κ3) is 2.29. The number of fused-ring (bicyclic) bond motifs is 2. The summed E-state index contributed by atoms with van der Waals surface area (Å²) in [5.74, 6) is 1.59. The van der Waals surface area contributed by atoms with Gasteiger partial charge in [0.25, 0.3) is 0 Å². The van der Waals surface area contributed by atoms with E-state index in [1.165, 1.54) is 38.5 Å². The average molecular weight is 250 g/mol. The summed E-state index contributed by atoms with van der Waals surface area (Å²) < 4.78 is 0. The number of hydrogen-bond acceptors (Lipinski definition) is 2. The van der Waals surface area contributed by atoms with Crippen LogP contribution in [-0.4, -0.2) is 36.0 Å². The molecule has 18 heavy (non-hydrogen) atoms. The lowest BCUT2D eigenvalue weighted by atomic mass is 9.88. The summed E-state index contributed by atoms with van der Waals surface area (Å²) in [6.45, 7) is 4.29. The van der Waals surface area contributed by atoms with Crippen molar-refractivity contribution >= 4 is 5.91 Å². The fourth-order valence-corrected chi connectivity index (χ4v) is 4.13. The number of nitrogens with zero attached hydrogens (tertiary/aromatic N) is 1. The first kappa shape index (κ1) is 12.5. The van der Waals surface area contributed by atoms with E-state index in [0.29, 0.717) is 23.9 Å². The second-order valence-corrected chi connectivity index (χ2v) is 6.42. The third-order valence-electron chi connectivity index (χ3n) is 5.35. The zero-order chi connectivity index (χ0) is 12.5. The van der Waals surface area contributed by atoms with Crippen molar-refractivity contribution in [1.82, 2.24) is 10.2 Å². The molecular formula is C15H26N2O. The van der Waals surface area contributed by atoms with E-state index in [1.807, 2.05) is 0 Å². The van der Waals surface area contributed by atoms with E-state index in [4.69, 9.17) is 0 Å². The van der Waals surface area contributed by atoms with Crippen molar-refractivity contribution in [3.8, 4) is 0 Å². The molecule has 3 fully saturated rings. The molecule has 102 valence electrons. The molecule has 3 rings (SSSR count). The molecule has 0 aromatic heterocycles. The van der Waals surface area contributed by atoms with Gasteiger partial charge in [0, 0.05) is 25.2 Å². The quantitative estimate of drug-likeness (QED) is 0.814. The van der Waals surface area contributed by atoms with Gasteiger partial charge < -0.3 is 10.2 Å². The largest absolute Gasteiger partial charge is 0.342 e. The minimum Gasteiger partial charge on any atom is -0.342 e. The van der Waals surface area contributed by atoms with Gasteiger partial charge in [0.2, 0.25) is 5.91 Å². The van der Waals surface area contributed by atoms with Gasteiger partial charge in [-0.15, -0.1) is 0 Å². The normalized spacial score (nSPS) is 39.9. The van der Waals surface area contributed by atoms with Crippen molar-refractivity contribution in [1.29, 1.82) is 0 Å². The maximum atomic E-state index is 12.6. The van der Waals surface area contributed by atoms with Gasteiger partial charge in [0.15, 0.2) is 0 Å². The molecule has 1 N–H and O–H groups in total. The summed E-state index contributed by atoms with van der Waals surface area (Å²) in [5.41, 5.74) is 0. The lowest BCUT2D eigenvalue weighted by molar-refractivity contribution is -0.136. The topological polar surface area (TPSA) is 32.3 Å². The van der Waals surface area contributed by atoms with E-state index < -0.39 is 0 Å². The maximum Gasteiger partial charge on any atom is 0.227 e. The van der Waals surface area contributed by atoms with E-state index in [9.17, 15) is 4.79 Å². The van der Waals surface area contributed by atoms with Crippen LogP contribution in [0.2, 0.25) is 0 Å². The highest BCUT2D eigenvalue weighted by atomic mass is 16.2. The second-order valence-electron chi connectivity index (χ2n) is 6.42. The molecule has 0 saturated carbocycles. The minimum absolute atomic E-state index is 0.293. The predicted molar refractivity (Wildman–Crippen MR) is 72.3 cm³/mol. The molecule has 0 aromatic rings. The van der Waals surface area contributed by atoms with Crippen LogP contribution in [0.3, 0.4) is 0 Å². The van der Waals surface area contributed by atoms with E-state index in [0.717, 1.165) is 25.4 Å². The van der Waals surface area contributed by atoms with Gasteiger partial charge in [-0.1, -0.05) is 13.3 Å². The van der Waals surface area contributed by atoms with Gasteiger partial charge in [-0.05, 0) is 44.4 Å². The summed E-state index contributed by atoms with van der Waals surface area (Å²) in [6.07, 6.45) is 8.61. The number of rotatable bonds is 2. The molecule has 3 saturated heterocycles. The van der Waals surface area contributed by atoms with Gasteiger partial charge in [-0.2, -0.15) is 0 Å². The number of likely N-dealkylation sites (tertiary alicyclic amines) is 1. The predicted octanol–water partition coefficient (Wildman–Crippen LogP) is 2.17. The molecule has 4 unspecified atom stereocenters. The zero-order valence-corrected chi connectivity index (χ0v) is 11.5. The van der Waals surface area contributed by atoms with Crippen molar-refractivity contribution in [2.45, 2.75) is 64.0 Å². The lowest BCUT2D eigenvalue weighted by Gasteiger charge is -2.27. The summed E-state index contributed by atoms with van der Waals surface area (Å²) in [7, 11) is 0. The Kier molecular flexibility index (Phi) is 3.60. The van der Waals surface area contributed by atoms with Gasteiger partial charge in [0.1, 0.15) is 0 Å². The van der Waals surface area contributed by atoms with Crippen LogP contribution in [0, 0.1) is 11.8 Å². The molecule has 3 nitrogen and oxygen atoms in total. The number of carbonyl (C=O) groups is 1. The van der Waals surface area contributed by atoms with Crippen molar-refractivity contribution in [3.05, 3.63) is 0 Å². The van der Waals surface area contributed by atoms with Gasteiger partial charge >= 0.3 is 0 Å². The molecule has 3 heteroatoms. The zero-order valence-electron chi connectivity index (χ0n) is 11.5. The number of amides is 1. The Balaban J connectivity index is 1.59. The molecule has 1 amide bonds. The Bertz CT molecular complexity index is 318. The van der Waals surface area contributed by atoms with Crippen LogP contribution in [-0.2, 0) is 4.79 Å². The van der Waals surface area contributed by atoms with Crippen molar-refractivity contribution < 1.29 is 4.79 Å².